The lowest BCUT2D eigenvalue weighted by Crippen LogP contribution is -2.72. The maximum Gasteiger partial charge on any atom is 0.193 e. The fourth-order valence-electron chi connectivity index (χ4n) is 6.47. The Morgan fingerprint density at radius 3 is 2.38 bits per heavy atom. The third-order valence-corrected chi connectivity index (χ3v) is 7.81. The van der Waals surface area contributed by atoms with Gasteiger partial charge in [0.05, 0.1) is 6.10 Å². The molecule has 5 unspecified atom stereocenters. The van der Waals surface area contributed by atoms with Gasteiger partial charge >= 0.3 is 0 Å². The van der Waals surface area contributed by atoms with E-state index in [0.717, 1.165) is 24.4 Å². The van der Waals surface area contributed by atoms with Crippen LogP contribution < -0.4 is 5.32 Å². The summed E-state index contributed by atoms with van der Waals surface area (Å²) < 4.78 is 6.06. The summed E-state index contributed by atoms with van der Waals surface area (Å²) in [4.78, 5) is 7.24. The Labute approximate surface area is 163 Å². The average Bonchev–Trinajstić information content (AvgIpc) is 3.11. The molecule has 2 heterocycles. The average molecular weight is 445 g/mol. The molecule has 1 N–H and O–H groups in total. The van der Waals surface area contributed by atoms with E-state index in [9.17, 15) is 0 Å². The molecule has 0 aromatic heterocycles. The Morgan fingerprint density at radius 1 is 1.08 bits per heavy atom. The first-order chi connectivity index (χ1) is 11.3. The Bertz CT molecular complexity index is 493. The first-order valence-corrected chi connectivity index (χ1v) is 9.92. The molecule has 2 saturated heterocycles. The molecule has 0 radical (unpaired) electrons. The lowest BCUT2D eigenvalue weighted by molar-refractivity contribution is -0.171. The van der Waals surface area contributed by atoms with E-state index in [-0.39, 0.29) is 24.0 Å². The summed E-state index contributed by atoms with van der Waals surface area (Å²) in [6.45, 7) is 3.44. The van der Waals surface area contributed by atoms with Crippen molar-refractivity contribution in [1.29, 1.82) is 0 Å². The summed E-state index contributed by atoms with van der Waals surface area (Å²) in [5.41, 5.74) is 0.448. The van der Waals surface area contributed by atoms with E-state index in [2.05, 4.69) is 15.2 Å². The van der Waals surface area contributed by atoms with Crippen LogP contribution in [0.2, 0.25) is 0 Å². The number of guanidine groups is 1. The van der Waals surface area contributed by atoms with Gasteiger partial charge in [0.25, 0.3) is 0 Å². The number of hydrogen-bond acceptors (Lipinski definition) is 2. The summed E-state index contributed by atoms with van der Waals surface area (Å²) in [5.74, 6) is 3.76. The number of nitrogens with zero attached hydrogens (tertiary/aromatic N) is 2. The zero-order valence-corrected chi connectivity index (χ0v) is 17.2. The van der Waals surface area contributed by atoms with Gasteiger partial charge in [-0.25, -0.2) is 0 Å². The normalized spacial score (nSPS) is 42.6. The van der Waals surface area contributed by atoms with Crippen LogP contribution in [-0.4, -0.2) is 49.7 Å². The molecule has 5 fully saturated rings. The Kier molecular flexibility index (Phi) is 4.78. The Balaban J connectivity index is 0.00000146. The minimum absolute atomic E-state index is 0. The van der Waals surface area contributed by atoms with E-state index in [1.165, 1.54) is 70.4 Å². The lowest BCUT2D eigenvalue weighted by Gasteiger charge is -2.63. The van der Waals surface area contributed by atoms with Crippen LogP contribution >= 0.6 is 24.0 Å². The number of halogens is 1. The molecule has 0 aromatic rings. The first kappa shape index (κ1) is 17.4. The monoisotopic (exact) mass is 445 g/mol. The molecule has 3 aliphatic carbocycles. The van der Waals surface area contributed by atoms with Crippen LogP contribution in [-0.2, 0) is 4.74 Å². The SMILES string of the molecule is CN=C(NC1C2CCOC2C12CCC2)N1CC2CCCCC2C1.I. The summed E-state index contributed by atoms with van der Waals surface area (Å²) in [7, 11) is 1.97. The van der Waals surface area contributed by atoms with E-state index < -0.39 is 0 Å². The molecular weight excluding hydrogens is 413 g/mol. The van der Waals surface area contributed by atoms with Crippen LogP contribution in [0.5, 0.6) is 0 Å². The van der Waals surface area contributed by atoms with Gasteiger partial charge in [-0.15, -0.1) is 24.0 Å². The molecule has 136 valence electrons. The highest BCUT2D eigenvalue weighted by Crippen LogP contribution is 2.62. The molecule has 24 heavy (non-hydrogen) atoms. The molecule has 0 amide bonds. The van der Waals surface area contributed by atoms with Crippen LogP contribution in [0.15, 0.2) is 4.99 Å². The van der Waals surface area contributed by atoms with Gasteiger partial charge in [-0.05, 0) is 43.9 Å². The second kappa shape index (κ2) is 6.60. The molecule has 0 bridgehead atoms. The predicted octanol–water partition coefficient (Wildman–Crippen LogP) is 3.26. The lowest BCUT2D eigenvalue weighted by atomic mass is 9.46. The first-order valence-electron chi connectivity index (χ1n) is 9.92. The topological polar surface area (TPSA) is 36.9 Å². The van der Waals surface area contributed by atoms with E-state index in [1.807, 2.05) is 7.05 Å². The summed E-state index contributed by atoms with van der Waals surface area (Å²) >= 11 is 0. The summed E-state index contributed by atoms with van der Waals surface area (Å²) in [6.07, 6.45) is 11.6. The van der Waals surface area contributed by atoms with Gasteiger partial charge in [0.1, 0.15) is 0 Å². The highest BCUT2D eigenvalue weighted by molar-refractivity contribution is 14.0. The van der Waals surface area contributed by atoms with Crippen LogP contribution in [0.3, 0.4) is 0 Å². The number of aliphatic imine (C=N–C) groups is 1. The fourth-order valence-corrected chi connectivity index (χ4v) is 6.47. The maximum atomic E-state index is 6.06. The van der Waals surface area contributed by atoms with Gasteiger partial charge in [0, 0.05) is 44.1 Å². The van der Waals surface area contributed by atoms with Gasteiger partial charge in [-0.1, -0.05) is 19.3 Å². The number of ether oxygens (including phenoxy) is 1. The number of fused-ring (bicyclic) bond motifs is 3. The maximum absolute atomic E-state index is 6.06. The largest absolute Gasteiger partial charge is 0.377 e. The van der Waals surface area contributed by atoms with E-state index in [1.54, 1.807) is 0 Å². The Morgan fingerprint density at radius 2 is 1.79 bits per heavy atom. The third-order valence-electron chi connectivity index (χ3n) is 7.81. The minimum Gasteiger partial charge on any atom is -0.377 e. The van der Waals surface area contributed by atoms with Crippen molar-refractivity contribution >= 4 is 29.9 Å². The van der Waals surface area contributed by atoms with Crippen molar-refractivity contribution in [2.24, 2.45) is 28.2 Å². The van der Waals surface area contributed by atoms with Crippen molar-refractivity contribution in [1.82, 2.24) is 10.2 Å². The van der Waals surface area contributed by atoms with Crippen LogP contribution in [0.4, 0.5) is 0 Å². The molecule has 4 nitrogen and oxygen atoms in total. The van der Waals surface area contributed by atoms with Crippen molar-refractivity contribution in [2.45, 2.75) is 63.5 Å². The van der Waals surface area contributed by atoms with E-state index in [4.69, 9.17) is 4.74 Å². The summed E-state index contributed by atoms with van der Waals surface area (Å²) in [5, 5.41) is 3.91. The second-order valence-electron chi connectivity index (χ2n) is 8.71. The zero-order chi connectivity index (χ0) is 15.4. The second-order valence-corrected chi connectivity index (χ2v) is 8.71. The molecule has 5 rings (SSSR count). The standard InChI is InChI=1S/C19H31N3O.HI/c1-20-18(22-11-13-5-2-3-6-14(13)12-22)21-16-15-7-10-23-17(15)19(16)8-4-9-19;/h13-17H,2-12H2,1H3,(H,20,21);1H. The van der Waals surface area contributed by atoms with Crippen LogP contribution in [0, 0.1) is 23.2 Å². The molecule has 1 spiro atoms. The van der Waals surface area contributed by atoms with Crippen LogP contribution in [0.25, 0.3) is 0 Å². The van der Waals surface area contributed by atoms with Crippen molar-refractivity contribution in [3.8, 4) is 0 Å². The highest BCUT2D eigenvalue weighted by Gasteiger charge is 2.67. The summed E-state index contributed by atoms with van der Waals surface area (Å²) in [6, 6.07) is 0.616. The van der Waals surface area contributed by atoms with Crippen molar-refractivity contribution < 1.29 is 4.74 Å². The van der Waals surface area contributed by atoms with Gasteiger partial charge < -0.3 is 15.0 Å². The van der Waals surface area contributed by atoms with Crippen LogP contribution in [0.1, 0.15) is 51.4 Å². The highest BCUT2D eigenvalue weighted by atomic mass is 127. The number of hydrogen-bond donors (Lipinski definition) is 1. The van der Waals surface area contributed by atoms with Gasteiger partial charge in [0.2, 0.25) is 0 Å². The van der Waals surface area contributed by atoms with E-state index >= 15 is 0 Å². The molecule has 0 aromatic carbocycles. The number of nitrogens with one attached hydrogen (secondary N) is 1. The quantitative estimate of drug-likeness (QED) is 0.383. The Hall–Kier alpha value is -0.0400. The van der Waals surface area contributed by atoms with Gasteiger partial charge in [-0.2, -0.15) is 0 Å². The minimum atomic E-state index is 0. The number of likely N-dealkylation sites (tertiary alicyclic amines) is 1. The fraction of sp³-hybridized carbons (Fsp3) is 0.947. The molecule has 5 aliphatic rings. The number of rotatable bonds is 1. The molecular formula is C19H32IN3O. The van der Waals surface area contributed by atoms with Gasteiger partial charge in [0.15, 0.2) is 5.96 Å². The zero-order valence-electron chi connectivity index (χ0n) is 14.9. The third kappa shape index (κ3) is 2.43. The molecule has 5 heteroatoms. The van der Waals surface area contributed by atoms with Crippen molar-refractivity contribution in [3.05, 3.63) is 0 Å². The van der Waals surface area contributed by atoms with Gasteiger partial charge in [-0.3, -0.25) is 4.99 Å². The molecule has 2 aliphatic heterocycles. The van der Waals surface area contributed by atoms with Crippen molar-refractivity contribution in [3.63, 3.8) is 0 Å². The predicted molar refractivity (Wildman–Crippen MR) is 107 cm³/mol. The van der Waals surface area contributed by atoms with Crippen molar-refractivity contribution in [2.75, 3.05) is 26.7 Å². The van der Waals surface area contributed by atoms with E-state index in [0.29, 0.717) is 17.6 Å². The molecule has 3 saturated carbocycles. The smallest absolute Gasteiger partial charge is 0.193 e. The molecule has 5 atom stereocenters.